The predicted octanol–water partition coefficient (Wildman–Crippen LogP) is -3.81. The van der Waals surface area contributed by atoms with Crippen molar-refractivity contribution in [1.82, 2.24) is 25.9 Å². The summed E-state index contributed by atoms with van der Waals surface area (Å²) < 4.78 is 0. The molecule has 1 rings (SSSR count). The lowest BCUT2D eigenvalue weighted by Gasteiger charge is -2.24. The van der Waals surface area contributed by atoms with Gasteiger partial charge in [-0.3, -0.25) is 24.0 Å². The lowest BCUT2D eigenvalue weighted by molar-refractivity contribution is -0.147. The number of nitrogens with two attached hydrogens (primary N) is 2. The number of carbonyl (C=O) groups is 6. The van der Waals surface area contributed by atoms with Crippen molar-refractivity contribution >= 4 is 35.6 Å². The van der Waals surface area contributed by atoms with Crippen LogP contribution in [-0.4, -0.2) is 79.9 Å². The van der Waals surface area contributed by atoms with Gasteiger partial charge in [0.05, 0.1) is 25.2 Å². The third kappa shape index (κ3) is 8.78. The molecule has 0 spiro atoms. The number of carboxylic acid groups (broad SMARTS) is 2. The standard InChI is InChI=1S/C17H25N7O8/c1-7(18)14(28)22-10(3-12(19)25)16(30)23-9(2-8-5-20-6-21-8)15(29)24-11(17(31)32)4-13(26)27/h5-7,9-11H,2-4,18H2,1H3,(H2,19,25)(H,20,21)(H,22,28)(H,23,30)(H,24,29)(H,26,27)(H,31,32). The van der Waals surface area contributed by atoms with Gasteiger partial charge in [0.15, 0.2) is 0 Å². The number of hydrogen-bond donors (Lipinski definition) is 8. The molecule has 0 aromatic carbocycles. The van der Waals surface area contributed by atoms with E-state index in [1.807, 2.05) is 5.32 Å². The van der Waals surface area contributed by atoms with Gasteiger partial charge in [0, 0.05) is 18.3 Å². The van der Waals surface area contributed by atoms with Gasteiger partial charge in [-0.1, -0.05) is 0 Å². The summed E-state index contributed by atoms with van der Waals surface area (Å²) in [4.78, 5) is 77.1. The number of aromatic amines is 1. The number of H-pyrrole nitrogens is 1. The number of nitrogens with one attached hydrogen (secondary N) is 4. The summed E-state index contributed by atoms with van der Waals surface area (Å²) in [5.74, 6) is -6.72. The minimum absolute atomic E-state index is 0.193. The Balaban J connectivity index is 3.07. The third-order valence-electron chi connectivity index (χ3n) is 4.06. The Morgan fingerprint density at radius 3 is 2.00 bits per heavy atom. The van der Waals surface area contributed by atoms with Gasteiger partial charge in [0.1, 0.15) is 18.1 Å². The molecule has 1 heterocycles. The van der Waals surface area contributed by atoms with E-state index >= 15 is 0 Å². The van der Waals surface area contributed by atoms with Gasteiger partial charge < -0.3 is 42.6 Å². The van der Waals surface area contributed by atoms with Crippen molar-refractivity contribution in [3.05, 3.63) is 18.2 Å². The summed E-state index contributed by atoms with van der Waals surface area (Å²) in [5.41, 5.74) is 10.9. The second kappa shape index (κ2) is 12.0. The molecule has 0 aliphatic heterocycles. The zero-order chi connectivity index (χ0) is 24.4. The Kier molecular flexibility index (Phi) is 9.75. The zero-order valence-corrected chi connectivity index (χ0v) is 17.0. The van der Waals surface area contributed by atoms with Crippen molar-refractivity contribution in [2.45, 2.75) is 50.4 Å². The third-order valence-corrected chi connectivity index (χ3v) is 4.06. The highest BCUT2D eigenvalue weighted by Gasteiger charge is 2.31. The van der Waals surface area contributed by atoms with Gasteiger partial charge in [-0.25, -0.2) is 9.78 Å². The number of imidazole rings is 1. The number of nitrogens with zero attached hydrogens (tertiary/aromatic N) is 1. The minimum Gasteiger partial charge on any atom is -0.481 e. The van der Waals surface area contributed by atoms with E-state index in [1.54, 1.807) is 0 Å². The van der Waals surface area contributed by atoms with E-state index in [-0.39, 0.29) is 6.42 Å². The molecule has 1 aromatic rings. The topological polar surface area (TPSA) is 260 Å². The molecule has 15 nitrogen and oxygen atoms in total. The fraction of sp³-hybridized carbons (Fsp3) is 0.471. The quantitative estimate of drug-likeness (QED) is 0.144. The van der Waals surface area contributed by atoms with Gasteiger partial charge in [0.2, 0.25) is 23.6 Å². The highest BCUT2D eigenvalue weighted by molar-refractivity contribution is 5.96. The summed E-state index contributed by atoms with van der Waals surface area (Å²) in [7, 11) is 0. The molecule has 0 radical (unpaired) electrons. The SMILES string of the molecule is CC(N)C(=O)NC(CC(N)=O)C(=O)NC(Cc1cnc[nH]1)C(=O)NC(CC(=O)O)C(=O)O. The summed E-state index contributed by atoms with van der Waals surface area (Å²) in [6.07, 6.45) is 0.952. The van der Waals surface area contributed by atoms with E-state index in [4.69, 9.17) is 21.7 Å². The first-order valence-electron chi connectivity index (χ1n) is 9.27. The number of carbonyl (C=O) groups excluding carboxylic acids is 4. The van der Waals surface area contributed by atoms with E-state index in [0.29, 0.717) is 5.69 Å². The molecule has 32 heavy (non-hydrogen) atoms. The van der Waals surface area contributed by atoms with Gasteiger partial charge in [-0.2, -0.15) is 0 Å². The van der Waals surface area contributed by atoms with Crippen molar-refractivity contribution in [2.24, 2.45) is 11.5 Å². The number of primary amides is 1. The van der Waals surface area contributed by atoms with E-state index in [0.717, 1.165) is 0 Å². The molecule has 0 bridgehead atoms. The Morgan fingerprint density at radius 1 is 0.969 bits per heavy atom. The molecule has 10 N–H and O–H groups in total. The summed E-state index contributed by atoms with van der Waals surface area (Å²) in [6, 6.07) is -5.64. The molecule has 176 valence electrons. The van der Waals surface area contributed by atoms with Crippen LogP contribution < -0.4 is 27.4 Å². The Bertz CT molecular complexity index is 855. The van der Waals surface area contributed by atoms with Crippen LogP contribution in [0.15, 0.2) is 12.5 Å². The van der Waals surface area contributed by atoms with Crippen molar-refractivity contribution in [1.29, 1.82) is 0 Å². The van der Waals surface area contributed by atoms with Gasteiger partial charge >= 0.3 is 11.9 Å². The number of aromatic nitrogens is 2. The van der Waals surface area contributed by atoms with Crippen LogP contribution in [0.3, 0.4) is 0 Å². The minimum atomic E-state index is -1.76. The summed E-state index contributed by atoms with van der Waals surface area (Å²) in [5, 5.41) is 24.5. The smallest absolute Gasteiger partial charge is 0.326 e. The Labute approximate surface area is 181 Å². The van der Waals surface area contributed by atoms with Crippen molar-refractivity contribution < 1.29 is 39.0 Å². The average molecular weight is 455 g/mol. The predicted molar refractivity (Wildman–Crippen MR) is 105 cm³/mol. The van der Waals surface area contributed by atoms with E-state index in [1.165, 1.54) is 19.4 Å². The monoisotopic (exact) mass is 455 g/mol. The number of aliphatic carboxylic acids is 2. The van der Waals surface area contributed by atoms with Crippen LogP contribution in [0.4, 0.5) is 0 Å². The fourth-order valence-corrected chi connectivity index (χ4v) is 2.46. The number of rotatable bonds is 13. The normalized spacial score (nSPS) is 14.3. The van der Waals surface area contributed by atoms with Crippen LogP contribution in [0.5, 0.6) is 0 Å². The van der Waals surface area contributed by atoms with Gasteiger partial charge in [-0.05, 0) is 6.92 Å². The average Bonchev–Trinajstić information content (AvgIpc) is 3.18. The zero-order valence-electron chi connectivity index (χ0n) is 17.0. The maximum Gasteiger partial charge on any atom is 0.326 e. The molecule has 0 aliphatic carbocycles. The number of hydrogen-bond acceptors (Lipinski definition) is 8. The molecular weight excluding hydrogens is 430 g/mol. The first-order valence-corrected chi connectivity index (χ1v) is 9.27. The molecule has 0 saturated heterocycles. The lowest BCUT2D eigenvalue weighted by Crippen LogP contribution is -2.58. The second-order valence-electron chi connectivity index (χ2n) is 6.86. The fourth-order valence-electron chi connectivity index (χ4n) is 2.46. The molecule has 1 aromatic heterocycles. The molecular formula is C17H25N7O8. The van der Waals surface area contributed by atoms with Gasteiger partial charge in [-0.15, -0.1) is 0 Å². The van der Waals surface area contributed by atoms with Crippen LogP contribution in [0.1, 0.15) is 25.5 Å². The van der Waals surface area contributed by atoms with Crippen LogP contribution in [0.25, 0.3) is 0 Å². The van der Waals surface area contributed by atoms with Crippen LogP contribution in [0.2, 0.25) is 0 Å². The summed E-state index contributed by atoms with van der Waals surface area (Å²) >= 11 is 0. The van der Waals surface area contributed by atoms with E-state index in [9.17, 15) is 28.8 Å². The van der Waals surface area contributed by atoms with Crippen LogP contribution >= 0.6 is 0 Å². The first-order chi connectivity index (χ1) is 14.9. The van der Waals surface area contributed by atoms with E-state index < -0.39 is 72.6 Å². The largest absolute Gasteiger partial charge is 0.481 e. The first kappa shape index (κ1) is 26.0. The number of amides is 4. The van der Waals surface area contributed by atoms with Crippen molar-refractivity contribution in [3.63, 3.8) is 0 Å². The molecule has 4 amide bonds. The molecule has 0 saturated carbocycles. The highest BCUT2D eigenvalue weighted by atomic mass is 16.4. The van der Waals surface area contributed by atoms with Crippen LogP contribution in [0, 0.1) is 0 Å². The van der Waals surface area contributed by atoms with Crippen LogP contribution in [-0.2, 0) is 35.2 Å². The van der Waals surface area contributed by atoms with Crippen molar-refractivity contribution in [2.75, 3.05) is 0 Å². The molecule has 15 heteroatoms. The molecule has 4 atom stereocenters. The maximum absolute atomic E-state index is 12.7. The van der Waals surface area contributed by atoms with E-state index in [2.05, 4.69) is 20.6 Å². The Morgan fingerprint density at radius 2 is 1.53 bits per heavy atom. The second-order valence-corrected chi connectivity index (χ2v) is 6.86. The van der Waals surface area contributed by atoms with Gasteiger partial charge in [0.25, 0.3) is 0 Å². The summed E-state index contributed by atoms with van der Waals surface area (Å²) in [6.45, 7) is 1.34. The Hall–Kier alpha value is -4.01. The lowest BCUT2D eigenvalue weighted by atomic mass is 10.1. The van der Waals surface area contributed by atoms with Crippen molar-refractivity contribution in [3.8, 4) is 0 Å². The molecule has 4 unspecified atom stereocenters. The number of carboxylic acids is 2. The highest BCUT2D eigenvalue weighted by Crippen LogP contribution is 2.03. The molecule has 0 fully saturated rings. The maximum atomic E-state index is 12.7. The molecule has 0 aliphatic rings.